The zero-order chi connectivity index (χ0) is 19.1. The van der Waals surface area contributed by atoms with E-state index >= 15 is 0 Å². The van der Waals surface area contributed by atoms with Crippen LogP contribution in [0.4, 0.5) is 0 Å². The molecule has 5 nitrogen and oxygen atoms in total. The van der Waals surface area contributed by atoms with E-state index in [0.717, 1.165) is 25.8 Å². The van der Waals surface area contributed by atoms with E-state index in [1.54, 1.807) is 20.3 Å². The lowest BCUT2D eigenvalue weighted by atomic mass is 10.1. The number of amides is 1. The van der Waals surface area contributed by atoms with E-state index in [1.807, 2.05) is 30.3 Å². The molecule has 0 heterocycles. The van der Waals surface area contributed by atoms with Gasteiger partial charge in [-0.1, -0.05) is 12.1 Å². The predicted molar refractivity (Wildman–Crippen MR) is 108 cm³/mol. The zero-order valence-electron chi connectivity index (χ0n) is 14.6. The molecule has 7 heteroatoms. The Bertz CT molecular complexity index is 767. The maximum atomic E-state index is 12.1. The van der Waals surface area contributed by atoms with Gasteiger partial charge < -0.3 is 19.9 Å². The Labute approximate surface area is 170 Å². The Morgan fingerprint density at radius 1 is 1.04 bits per heavy atom. The van der Waals surface area contributed by atoms with Crippen LogP contribution in [0.5, 0.6) is 11.5 Å². The molecule has 0 aliphatic heterocycles. The summed E-state index contributed by atoms with van der Waals surface area (Å²) in [7, 11) is 3.20. The molecule has 1 unspecified atom stereocenters. The highest BCUT2D eigenvalue weighted by atomic mass is 79.9. The van der Waals surface area contributed by atoms with Gasteiger partial charge in [-0.05, 0) is 73.7 Å². The summed E-state index contributed by atoms with van der Waals surface area (Å²) in [5.74, 6) is 1.08. The molecule has 0 bridgehead atoms. The van der Waals surface area contributed by atoms with Crippen molar-refractivity contribution in [3.8, 4) is 11.5 Å². The number of methoxy groups -OCH3 is 2. The summed E-state index contributed by atoms with van der Waals surface area (Å²) in [5.41, 5.74) is 1.91. The van der Waals surface area contributed by atoms with Gasteiger partial charge in [0.1, 0.15) is 17.6 Å². The monoisotopic (exact) mass is 485 g/mol. The number of nitrogens with one attached hydrogen (secondary N) is 1. The van der Waals surface area contributed by atoms with Crippen molar-refractivity contribution in [3.63, 3.8) is 0 Å². The Morgan fingerprint density at radius 2 is 1.58 bits per heavy atom. The first-order valence-corrected chi connectivity index (χ1v) is 9.63. The molecule has 2 rings (SSSR count). The van der Waals surface area contributed by atoms with E-state index < -0.39 is 6.10 Å². The molecule has 0 aromatic heterocycles. The van der Waals surface area contributed by atoms with Gasteiger partial charge in [0.15, 0.2) is 0 Å². The van der Waals surface area contributed by atoms with Crippen molar-refractivity contribution in [2.24, 2.45) is 0 Å². The van der Waals surface area contributed by atoms with Crippen molar-refractivity contribution in [1.82, 2.24) is 5.32 Å². The molecule has 1 atom stereocenters. The van der Waals surface area contributed by atoms with Crippen LogP contribution in [0.2, 0.25) is 0 Å². The maximum absolute atomic E-state index is 12.1. The molecule has 0 aliphatic rings. The molecule has 2 N–H and O–H groups in total. The van der Waals surface area contributed by atoms with E-state index in [1.165, 1.54) is 0 Å². The van der Waals surface area contributed by atoms with Gasteiger partial charge in [-0.2, -0.15) is 0 Å². The topological polar surface area (TPSA) is 67.8 Å². The average molecular weight is 487 g/mol. The third-order valence-corrected chi connectivity index (χ3v) is 5.12. The molecule has 2 aromatic carbocycles. The minimum Gasteiger partial charge on any atom is -0.496 e. The second-order valence-electron chi connectivity index (χ2n) is 5.70. The maximum Gasteiger partial charge on any atom is 0.249 e. The lowest BCUT2D eigenvalue weighted by molar-refractivity contribution is -0.129. The minimum atomic E-state index is -1.10. The molecule has 2 aromatic rings. The molecule has 0 spiro atoms. The quantitative estimate of drug-likeness (QED) is 0.599. The fourth-order valence-corrected chi connectivity index (χ4v) is 3.64. The highest BCUT2D eigenvalue weighted by Crippen LogP contribution is 2.26. The number of aliphatic hydroxyl groups is 1. The first kappa shape index (κ1) is 20.7. The van der Waals surface area contributed by atoms with Crippen molar-refractivity contribution in [3.05, 3.63) is 56.5 Å². The molecule has 26 heavy (non-hydrogen) atoms. The van der Waals surface area contributed by atoms with Crippen LogP contribution in [0.1, 0.15) is 11.1 Å². The summed E-state index contributed by atoms with van der Waals surface area (Å²) >= 11 is 6.84. The van der Waals surface area contributed by atoms with E-state index in [-0.39, 0.29) is 12.3 Å². The smallest absolute Gasteiger partial charge is 0.249 e. The van der Waals surface area contributed by atoms with Crippen molar-refractivity contribution in [2.45, 2.75) is 18.9 Å². The van der Waals surface area contributed by atoms with Crippen LogP contribution >= 0.6 is 31.9 Å². The highest BCUT2D eigenvalue weighted by Gasteiger charge is 2.16. The van der Waals surface area contributed by atoms with Gasteiger partial charge in [0.05, 0.1) is 23.2 Å². The van der Waals surface area contributed by atoms with Crippen LogP contribution in [0, 0.1) is 0 Å². The first-order chi connectivity index (χ1) is 12.4. The summed E-state index contributed by atoms with van der Waals surface area (Å²) in [6.45, 7) is 0.445. The molecule has 0 radical (unpaired) electrons. The van der Waals surface area contributed by atoms with Crippen molar-refractivity contribution in [2.75, 3.05) is 20.8 Å². The molecule has 0 fully saturated rings. The third-order valence-electron chi connectivity index (χ3n) is 3.88. The Balaban J connectivity index is 1.83. The molecule has 140 valence electrons. The van der Waals surface area contributed by atoms with E-state index in [2.05, 4.69) is 37.2 Å². The van der Waals surface area contributed by atoms with Gasteiger partial charge in [0.25, 0.3) is 0 Å². The third kappa shape index (κ3) is 5.72. The summed E-state index contributed by atoms with van der Waals surface area (Å²) in [6, 6.07) is 11.2. The van der Waals surface area contributed by atoms with E-state index in [4.69, 9.17) is 9.47 Å². The second-order valence-corrected chi connectivity index (χ2v) is 7.41. The Morgan fingerprint density at radius 3 is 2.12 bits per heavy atom. The van der Waals surface area contributed by atoms with Crippen molar-refractivity contribution >= 4 is 37.8 Å². The average Bonchev–Trinajstić information content (AvgIpc) is 2.62. The van der Waals surface area contributed by atoms with Crippen molar-refractivity contribution in [1.29, 1.82) is 0 Å². The van der Waals surface area contributed by atoms with Crippen molar-refractivity contribution < 1.29 is 19.4 Å². The number of carbonyl (C=O) groups is 1. The van der Waals surface area contributed by atoms with Crippen LogP contribution in [0.25, 0.3) is 0 Å². The fourth-order valence-electron chi connectivity index (χ4n) is 2.47. The Kier molecular flexibility index (Phi) is 7.93. The first-order valence-electron chi connectivity index (χ1n) is 8.05. The van der Waals surface area contributed by atoms with E-state index in [9.17, 15) is 9.90 Å². The minimum absolute atomic E-state index is 0.239. The number of halogens is 2. The second kappa shape index (κ2) is 9.94. The number of aliphatic hydroxyl groups excluding tert-OH is 1. The SMILES string of the molecule is COc1ccc(CCNC(=O)C(O)Cc2ccc(OC)c(Br)c2)cc1Br. The van der Waals surface area contributed by atoms with Gasteiger partial charge in [-0.15, -0.1) is 0 Å². The van der Waals surface area contributed by atoms with Crippen LogP contribution in [-0.2, 0) is 17.6 Å². The van der Waals surface area contributed by atoms with Gasteiger partial charge in [-0.25, -0.2) is 0 Å². The number of hydrogen-bond donors (Lipinski definition) is 2. The molecule has 0 saturated heterocycles. The standard InChI is InChI=1S/C19H21Br2NO4/c1-25-17-5-3-12(9-14(17)20)7-8-22-19(24)16(23)11-13-4-6-18(26-2)15(21)10-13/h3-6,9-10,16,23H,7-8,11H2,1-2H3,(H,22,24). The normalized spacial score (nSPS) is 11.7. The number of ether oxygens (including phenoxy) is 2. The zero-order valence-corrected chi connectivity index (χ0v) is 17.8. The molecule has 0 aliphatic carbocycles. The van der Waals surface area contributed by atoms with Gasteiger partial charge in [0.2, 0.25) is 5.91 Å². The highest BCUT2D eigenvalue weighted by molar-refractivity contribution is 9.10. The number of hydrogen-bond acceptors (Lipinski definition) is 4. The summed E-state index contributed by atoms with van der Waals surface area (Å²) < 4.78 is 12.0. The largest absolute Gasteiger partial charge is 0.496 e. The van der Waals surface area contributed by atoms with Gasteiger partial charge >= 0.3 is 0 Å². The van der Waals surface area contributed by atoms with Gasteiger partial charge in [-0.3, -0.25) is 4.79 Å². The van der Waals surface area contributed by atoms with Crippen LogP contribution in [-0.4, -0.2) is 37.9 Å². The van der Waals surface area contributed by atoms with E-state index in [0.29, 0.717) is 18.7 Å². The Hall–Kier alpha value is -1.57. The molecular formula is C19H21Br2NO4. The molecule has 1 amide bonds. The van der Waals surface area contributed by atoms with Crippen LogP contribution in [0.3, 0.4) is 0 Å². The van der Waals surface area contributed by atoms with Crippen LogP contribution in [0.15, 0.2) is 45.3 Å². The van der Waals surface area contributed by atoms with Gasteiger partial charge in [0, 0.05) is 13.0 Å². The summed E-state index contributed by atoms with van der Waals surface area (Å²) in [6.07, 6.45) is -0.199. The molecule has 0 saturated carbocycles. The summed E-state index contributed by atoms with van der Waals surface area (Å²) in [4.78, 5) is 12.1. The molecular weight excluding hydrogens is 466 g/mol. The predicted octanol–water partition coefficient (Wildman–Crippen LogP) is 3.49. The van der Waals surface area contributed by atoms with Crippen LogP contribution < -0.4 is 14.8 Å². The number of rotatable bonds is 8. The number of benzene rings is 2. The lowest BCUT2D eigenvalue weighted by Gasteiger charge is -2.13. The summed E-state index contributed by atoms with van der Waals surface area (Å²) in [5, 5.41) is 12.9. The lowest BCUT2D eigenvalue weighted by Crippen LogP contribution is -2.37. The number of carbonyl (C=O) groups excluding carboxylic acids is 1. The fraction of sp³-hybridized carbons (Fsp3) is 0.316.